The highest BCUT2D eigenvalue weighted by molar-refractivity contribution is 5.89. The minimum Gasteiger partial charge on any atom is -0.453 e. The summed E-state index contributed by atoms with van der Waals surface area (Å²) in [6, 6.07) is 7.51. The van der Waals surface area contributed by atoms with Crippen LogP contribution >= 0.6 is 0 Å². The Bertz CT molecular complexity index is 1260. The Kier molecular flexibility index (Phi) is 7.08. The number of methoxy groups -OCH3 is 1. The summed E-state index contributed by atoms with van der Waals surface area (Å²) in [4.78, 5) is 39.5. The van der Waals surface area contributed by atoms with E-state index in [1.807, 2.05) is 27.9 Å². The smallest absolute Gasteiger partial charge is 0.411 e. The molecule has 3 amide bonds. The van der Waals surface area contributed by atoms with Crippen LogP contribution in [-0.2, 0) is 9.47 Å². The van der Waals surface area contributed by atoms with Crippen molar-refractivity contribution in [1.29, 1.82) is 0 Å². The van der Waals surface area contributed by atoms with Gasteiger partial charge in [0.25, 0.3) is 0 Å². The Morgan fingerprint density at radius 3 is 2.41 bits per heavy atom. The molecule has 0 radical (unpaired) electrons. The number of nitrogens with one attached hydrogen (secondary N) is 1. The lowest BCUT2D eigenvalue weighted by atomic mass is 10.1. The number of carbonyl (C=O) groups excluding carboxylic acids is 2. The van der Waals surface area contributed by atoms with E-state index in [2.05, 4.69) is 15.0 Å². The first kappa shape index (κ1) is 24.8. The van der Waals surface area contributed by atoms with Crippen LogP contribution in [0.5, 0.6) is 0 Å². The minimum absolute atomic E-state index is 0.0353. The van der Waals surface area contributed by atoms with Gasteiger partial charge in [-0.15, -0.1) is 0 Å². The van der Waals surface area contributed by atoms with Gasteiger partial charge in [0.15, 0.2) is 11.5 Å². The number of morpholine rings is 1. The monoisotopic (exact) mass is 508 g/mol. The van der Waals surface area contributed by atoms with Gasteiger partial charge in [0, 0.05) is 51.5 Å². The molecule has 196 valence electrons. The van der Waals surface area contributed by atoms with E-state index in [1.54, 1.807) is 31.1 Å². The summed E-state index contributed by atoms with van der Waals surface area (Å²) in [5, 5.41) is 8.32. The fraction of sp³-hybridized carbons (Fsp3) is 0.480. The van der Waals surface area contributed by atoms with Gasteiger partial charge in [0.2, 0.25) is 0 Å². The molecule has 1 N–H and O–H groups in total. The normalized spacial score (nSPS) is 16.6. The number of benzene rings is 1. The average Bonchev–Trinajstić information content (AvgIpc) is 3.37. The van der Waals surface area contributed by atoms with Crippen LogP contribution < -0.4 is 10.2 Å². The highest BCUT2D eigenvalue weighted by Gasteiger charge is 2.28. The highest BCUT2D eigenvalue weighted by atomic mass is 16.5. The number of hydrogen-bond acceptors (Lipinski definition) is 8. The number of carbonyl (C=O) groups is 2. The minimum atomic E-state index is -0.526. The second-order valence-corrected chi connectivity index (χ2v) is 9.39. The molecule has 2 aliphatic rings. The zero-order valence-corrected chi connectivity index (χ0v) is 21.4. The van der Waals surface area contributed by atoms with E-state index >= 15 is 0 Å². The fourth-order valence-electron chi connectivity index (χ4n) is 4.78. The number of anilines is 2. The van der Waals surface area contributed by atoms with Crippen molar-refractivity contribution in [2.24, 2.45) is 0 Å². The van der Waals surface area contributed by atoms with Crippen molar-refractivity contribution in [1.82, 2.24) is 29.5 Å². The molecule has 2 aliphatic heterocycles. The number of amides is 3. The predicted octanol–water partition coefficient (Wildman–Crippen LogP) is 2.83. The second kappa shape index (κ2) is 10.6. The van der Waals surface area contributed by atoms with Gasteiger partial charge < -0.3 is 24.2 Å². The molecule has 0 spiro atoms. The highest BCUT2D eigenvalue weighted by Crippen LogP contribution is 2.32. The summed E-state index contributed by atoms with van der Waals surface area (Å²) in [6.45, 7) is 4.11. The van der Waals surface area contributed by atoms with Crippen LogP contribution in [0.1, 0.15) is 18.9 Å². The lowest BCUT2D eigenvalue weighted by Crippen LogP contribution is -2.44. The molecule has 3 aromatic rings. The first-order valence-electron chi connectivity index (χ1n) is 12.4. The molecule has 0 saturated carbocycles. The summed E-state index contributed by atoms with van der Waals surface area (Å²) in [5.74, 6) is 1.42. The first-order chi connectivity index (χ1) is 17.9. The van der Waals surface area contributed by atoms with Crippen LogP contribution in [0.25, 0.3) is 22.4 Å². The maximum Gasteiger partial charge on any atom is 0.411 e. The van der Waals surface area contributed by atoms with E-state index < -0.39 is 6.09 Å². The van der Waals surface area contributed by atoms with Gasteiger partial charge in [-0.3, -0.25) is 5.32 Å². The van der Waals surface area contributed by atoms with E-state index in [0.29, 0.717) is 37.8 Å². The molecule has 12 nitrogen and oxygen atoms in total. The zero-order chi connectivity index (χ0) is 25.9. The van der Waals surface area contributed by atoms with Crippen molar-refractivity contribution >= 4 is 34.7 Å². The van der Waals surface area contributed by atoms with Crippen LogP contribution in [-0.4, -0.2) is 102 Å². The summed E-state index contributed by atoms with van der Waals surface area (Å²) in [6.07, 6.45) is 2.93. The summed E-state index contributed by atoms with van der Waals surface area (Å²) < 4.78 is 12.2. The van der Waals surface area contributed by atoms with Gasteiger partial charge in [-0.05, 0) is 37.1 Å². The molecule has 0 atom stereocenters. The number of ether oxygens (including phenoxy) is 2. The molecule has 4 heterocycles. The van der Waals surface area contributed by atoms with Crippen molar-refractivity contribution in [3.8, 4) is 11.4 Å². The Hall–Kier alpha value is -3.93. The molecule has 2 fully saturated rings. The van der Waals surface area contributed by atoms with E-state index in [-0.39, 0.29) is 12.1 Å². The lowest BCUT2D eigenvalue weighted by Gasteiger charge is -2.33. The summed E-state index contributed by atoms with van der Waals surface area (Å²) >= 11 is 0. The SMILES string of the molecule is COC(=O)Nc1ccc(-c2nc(N3CCOCC3)c3cnn(C4CCN(C(=O)N(C)C)CC4)c3n2)cc1. The van der Waals surface area contributed by atoms with Gasteiger partial charge in [-0.25, -0.2) is 24.2 Å². The topological polar surface area (TPSA) is 118 Å². The Morgan fingerprint density at radius 2 is 1.76 bits per heavy atom. The van der Waals surface area contributed by atoms with Crippen molar-refractivity contribution in [2.75, 3.05) is 70.8 Å². The summed E-state index contributed by atoms with van der Waals surface area (Å²) in [5.41, 5.74) is 2.22. The van der Waals surface area contributed by atoms with Gasteiger partial charge in [-0.2, -0.15) is 5.10 Å². The lowest BCUT2D eigenvalue weighted by molar-refractivity contribution is 0.122. The Labute approximate surface area is 215 Å². The molecule has 12 heteroatoms. The number of rotatable bonds is 4. The van der Waals surface area contributed by atoms with E-state index in [1.165, 1.54) is 7.11 Å². The van der Waals surface area contributed by atoms with Crippen molar-refractivity contribution in [2.45, 2.75) is 18.9 Å². The third-order valence-corrected chi connectivity index (χ3v) is 6.78. The molecule has 37 heavy (non-hydrogen) atoms. The van der Waals surface area contributed by atoms with Crippen LogP contribution in [0.15, 0.2) is 30.5 Å². The van der Waals surface area contributed by atoms with E-state index in [9.17, 15) is 9.59 Å². The van der Waals surface area contributed by atoms with Gasteiger partial charge in [0.05, 0.1) is 37.9 Å². The molecular weight excluding hydrogens is 476 g/mol. The van der Waals surface area contributed by atoms with E-state index in [4.69, 9.17) is 19.8 Å². The van der Waals surface area contributed by atoms with Crippen LogP contribution in [0.4, 0.5) is 21.1 Å². The van der Waals surface area contributed by atoms with Gasteiger partial charge in [0.1, 0.15) is 5.82 Å². The van der Waals surface area contributed by atoms with Crippen molar-refractivity contribution in [3.63, 3.8) is 0 Å². The largest absolute Gasteiger partial charge is 0.453 e. The third-order valence-electron chi connectivity index (χ3n) is 6.78. The zero-order valence-electron chi connectivity index (χ0n) is 21.4. The quantitative estimate of drug-likeness (QED) is 0.572. The maximum atomic E-state index is 12.4. The number of hydrogen-bond donors (Lipinski definition) is 1. The number of piperidine rings is 1. The fourth-order valence-corrected chi connectivity index (χ4v) is 4.78. The number of aromatic nitrogens is 4. The number of nitrogens with zero attached hydrogens (tertiary/aromatic N) is 7. The Morgan fingerprint density at radius 1 is 1.05 bits per heavy atom. The average molecular weight is 509 g/mol. The van der Waals surface area contributed by atoms with Crippen LogP contribution in [0.3, 0.4) is 0 Å². The predicted molar refractivity (Wildman–Crippen MR) is 139 cm³/mol. The maximum absolute atomic E-state index is 12.4. The molecule has 5 rings (SSSR count). The van der Waals surface area contributed by atoms with Gasteiger partial charge in [-0.1, -0.05) is 0 Å². The molecular formula is C25H32N8O4. The standard InChI is InChI=1S/C25H32N8O4/c1-30(2)25(35)32-10-8-19(9-11-32)33-23-20(16-26-33)22(31-12-14-37-15-13-31)28-21(29-23)17-4-6-18(7-5-17)27-24(34)36-3/h4-7,16,19H,8-15H2,1-3H3,(H,27,34). The number of likely N-dealkylation sites (tertiary alicyclic amines) is 1. The number of fused-ring (bicyclic) bond motifs is 1. The number of urea groups is 1. The first-order valence-corrected chi connectivity index (χ1v) is 12.4. The van der Waals surface area contributed by atoms with Gasteiger partial charge >= 0.3 is 12.1 Å². The van der Waals surface area contributed by atoms with Crippen LogP contribution in [0, 0.1) is 0 Å². The molecule has 0 bridgehead atoms. The molecule has 0 aliphatic carbocycles. The Balaban J connectivity index is 1.48. The molecule has 0 unspecified atom stereocenters. The molecule has 2 aromatic heterocycles. The molecule has 1 aromatic carbocycles. The third kappa shape index (κ3) is 5.15. The van der Waals surface area contributed by atoms with Crippen molar-refractivity contribution in [3.05, 3.63) is 30.5 Å². The van der Waals surface area contributed by atoms with E-state index in [0.717, 1.165) is 48.3 Å². The second-order valence-electron chi connectivity index (χ2n) is 9.39. The molecule has 2 saturated heterocycles. The van der Waals surface area contributed by atoms with Crippen molar-refractivity contribution < 1.29 is 19.1 Å². The van der Waals surface area contributed by atoms with Crippen LogP contribution in [0.2, 0.25) is 0 Å². The summed E-state index contributed by atoms with van der Waals surface area (Å²) in [7, 11) is 4.88.